The molecule has 1 heterocycles. The summed E-state index contributed by atoms with van der Waals surface area (Å²) in [5.41, 5.74) is 9.21. The number of nitrogens with two attached hydrogens (primary N) is 1. The van der Waals surface area contributed by atoms with Crippen molar-refractivity contribution < 1.29 is 9.59 Å². The van der Waals surface area contributed by atoms with Crippen LogP contribution in [-0.2, 0) is 6.42 Å². The smallest absolute Gasteiger partial charge is 0.255 e. The number of benzene rings is 3. The van der Waals surface area contributed by atoms with E-state index in [-0.39, 0.29) is 28.8 Å². The Morgan fingerprint density at radius 3 is 2.44 bits per heavy atom. The van der Waals surface area contributed by atoms with Gasteiger partial charge in [-0.05, 0) is 41.8 Å². The molecule has 1 amide bonds. The number of hydrogen-bond acceptors (Lipinski definition) is 3. The molecule has 0 aliphatic heterocycles. The quantitative estimate of drug-likeness (QED) is 0.226. The third-order valence-corrected chi connectivity index (χ3v) is 6.41. The van der Waals surface area contributed by atoms with E-state index in [4.69, 9.17) is 28.9 Å². The fourth-order valence-electron chi connectivity index (χ4n) is 3.72. The van der Waals surface area contributed by atoms with Crippen molar-refractivity contribution in [2.24, 2.45) is 0 Å². The highest BCUT2D eigenvalue weighted by Gasteiger charge is 2.27. The Bertz CT molecular complexity index is 1370. The maximum Gasteiger partial charge on any atom is 0.255 e. The molecule has 5 nitrogen and oxygen atoms in total. The Labute approximate surface area is 215 Å². The van der Waals surface area contributed by atoms with Gasteiger partial charge in [0.25, 0.3) is 5.91 Å². The Morgan fingerprint density at radius 2 is 1.74 bits per heavy atom. The number of H-pyrrole nitrogens is 1. The number of aromatic amines is 1. The van der Waals surface area contributed by atoms with Crippen LogP contribution < -0.4 is 11.1 Å². The topological polar surface area (TPSA) is 88.0 Å². The normalized spacial score (nSPS) is 10.8. The van der Waals surface area contributed by atoms with E-state index in [0.29, 0.717) is 39.7 Å². The number of rotatable bonds is 7. The van der Waals surface area contributed by atoms with Crippen molar-refractivity contribution in [2.75, 3.05) is 12.3 Å². The third-order valence-electron chi connectivity index (χ3n) is 5.33. The molecule has 0 spiro atoms. The van der Waals surface area contributed by atoms with Crippen molar-refractivity contribution in [3.63, 3.8) is 0 Å². The molecule has 0 radical (unpaired) electrons. The molecular weight excluding hydrogens is 537 g/mol. The number of amides is 1. The number of nitrogen functional groups attached to an aromatic ring is 1. The van der Waals surface area contributed by atoms with Crippen LogP contribution in [-0.4, -0.2) is 23.2 Å². The zero-order valence-corrected chi connectivity index (χ0v) is 21.0. The van der Waals surface area contributed by atoms with Gasteiger partial charge in [0.05, 0.1) is 11.3 Å². The van der Waals surface area contributed by atoms with E-state index in [1.54, 1.807) is 36.4 Å². The monoisotopic (exact) mass is 555 g/mol. The number of halogens is 3. The number of anilines is 1. The molecule has 1 aromatic heterocycles. The highest BCUT2D eigenvalue weighted by Crippen LogP contribution is 2.34. The van der Waals surface area contributed by atoms with Gasteiger partial charge in [-0.3, -0.25) is 9.59 Å². The Balaban J connectivity index is 1.68. The maximum atomic E-state index is 13.3. The summed E-state index contributed by atoms with van der Waals surface area (Å²) in [5, 5.41) is 3.98. The van der Waals surface area contributed by atoms with Gasteiger partial charge in [0.1, 0.15) is 5.82 Å². The molecule has 0 aliphatic rings. The molecule has 172 valence electrons. The molecule has 4 rings (SSSR count). The summed E-state index contributed by atoms with van der Waals surface area (Å²) >= 11 is 15.7. The summed E-state index contributed by atoms with van der Waals surface area (Å²) in [7, 11) is 0. The van der Waals surface area contributed by atoms with Crippen LogP contribution in [0.15, 0.2) is 77.3 Å². The number of ketones is 1. The van der Waals surface area contributed by atoms with Crippen molar-refractivity contribution in [1.82, 2.24) is 10.3 Å². The lowest BCUT2D eigenvalue weighted by atomic mass is 9.96. The van der Waals surface area contributed by atoms with Crippen molar-refractivity contribution >= 4 is 56.6 Å². The molecule has 4 N–H and O–H groups in total. The second-order valence-corrected chi connectivity index (χ2v) is 9.37. The minimum Gasteiger partial charge on any atom is -0.385 e. The van der Waals surface area contributed by atoms with Gasteiger partial charge in [-0.25, -0.2) is 0 Å². The van der Waals surface area contributed by atoms with Crippen LogP contribution in [0.4, 0.5) is 5.82 Å². The van der Waals surface area contributed by atoms with E-state index in [0.717, 1.165) is 10.0 Å². The average Bonchev–Trinajstić information content (AvgIpc) is 3.17. The standard InChI is InChI=1S/C26H20BrCl2N3O2/c27-18-8-4-7-17(13-18)21-22(25(30)32-23(21)24(33)16-5-2-1-3-6-16)26(34)31-12-11-15-9-10-19(28)14-20(15)29/h1-10,13-14,32H,11-12,30H2,(H,31,34). The predicted octanol–water partition coefficient (Wildman–Crippen LogP) is 6.54. The van der Waals surface area contributed by atoms with Gasteiger partial charge in [-0.15, -0.1) is 0 Å². The largest absolute Gasteiger partial charge is 0.385 e. The number of hydrogen-bond donors (Lipinski definition) is 3. The Hall–Kier alpha value is -3.06. The fourth-order valence-corrected chi connectivity index (χ4v) is 4.62. The molecule has 3 aromatic carbocycles. The van der Waals surface area contributed by atoms with Crippen molar-refractivity contribution in [2.45, 2.75) is 6.42 Å². The lowest BCUT2D eigenvalue weighted by Crippen LogP contribution is -2.26. The summed E-state index contributed by atoms with van der Waals surface area (Å²) in [6, 6.07) is 21.5. The molecule has 0 atom stereocenters. The van der Waals surface area contributed by atoms with Gasteiger partial charge in [-0.1, -0.05) is 87.7 Å². The molecule has 34 heavy (non-hydrogen) atoms. The van der Waals surface area contributed by atoms with Gasteiger partial charge < -0.3 is 16.0 Å². The van der Waals surface area contributed by atoms with Crippen LogP contribution in [0, 0.1) is 0 Å². The molecule has 0 unspecified atom stereocenters. The summed E-state index contributed by atoms with van der Waals surface area (Å²) < 4.78 is 0.812. The molecular formula is C26H20BrCl2N3O2. The zero-order chi connectivity index (χ0) is 24.2. The zero-order valence-electron chi connectivity index (χ0n) is 17.9. The molecule has 0 aliphatic carbocycles. The number of carbonyl (C=O) groups is 2. The first-order valence-electron chi connectivity index (χ1n) is 10.4. The molecule has 0 saturated carbocycles. The van der Waals surface area contributed by atoms with E-state index >= 15 is 0 Å². The summed E-state index contributed by atoms with van der Waals surface area (Å²) in [5.74, 6) is -0.522. The van der Waals surface area contributed by atoms with Crippen LogP contribution in [0.25, 0.3) is 11.1 Å². The predicted molar refractivity (Wildman–Crippen MR) is 141 cm³/mol. The number of carbonyl (C=O) groups excluding carboxylic acids is 2. The molecule has 8 heteroatoms. The number of nitrogens with one attached hydrogen (secondary N) is 2. The van der Waals surface area contributed by atoms with Crippen molar-refractivity contribution in [1.29, 1.82) is 0 Å². The van der Waals surface area contributed by atoms with Gasteiger partial charge in [0.15, 0.2) is 0 Å². The van der Waals surface area contributed by atoms with Crippen molar-refractivity contribution in [3.8, 4) is 11.1 Å². The lowest BCUT2D eigenvalue weighted by Gasteiger charge is -2.10. The van der Waals surface area contributed by atoms with Crippen LogP contribution in [0.3, 0.4) is 0 Å². The second kappa shape index (κ2) is 10.5. The van der Waals surface area contributed by atoms with Crippen LogP contribution in [0.1, 0.15) is 32.0 Å². The SMILES string of the molecule is Nc1[nH]c(C(=O)c2ccccc2)c(-c2cccc(Br)c2)c1C(=O)NCCc1ccc(Cl)cc1Cl. The first-order chi connectivity index (χ1) is 16.3. The molecule has 0 bridgehead atoms. The minimum absolute atomic E-state index is 0.122. The molecule has 0 saturated heterocycles. The van der Waals surface area contributed by atoms with E-state index < -0.39 is 0 Å². The first kappa shape index (κ1) is 24.1. The van der Waals surface area contributed by atoms with E-state index in [2.05, 4.69) is 26.2 Å². The van der Waals surface area contributed by atoms with Crippen LogP contribution >= 0.6 is 39.1 Å². The van der Waals surface area contributed by atoms with Gasteiger partial charge in [0, 0.05) is 32.2 Å². The average molecular weight is 557 g/mol. The van der Waals surface area contributed by atoms with E-state index in [1.807, 2.05) is 36.4 Å². The highest BCUT2D eigenvalue weighted by atomic mass is 79.9. The number of aromatic nitrogens is 1. The minimum atomic E-state index is -0.388. The summed E-state index contributed by atoms with van der Waals surface area (Å²) in [6.07, 6.45) is 0.508. The van der Waals surface area contributed by atoms with Crippen LogP contribution in [0.2, 0.25) is 10.0 Å². The Morgan fingerprint density at radius 1 is 0.971 bits per heavy atom. The van der Waals surface area contributed by atoms with Gasteiger partial charge in [0.2, 0.25) is 5.78 Å². The van der Waals surface area contributed by atoms with Gasteiger partial charge in [-0.2, -0.15) is 0 Å². The second-order valence-electron chi connectivity index (χ2n) is 7.61. The third kappa shape index (κ3) is 5.20. The first-order valence-corrected chi connectivity index (χ1v) is 12.0. The fraction of sp³-hybridized carbons (Fsp3) is 0.0769. The van der Waals surface area contributed by atoms with Crippen LogP contribution in [0.5, 0.6) is 0 Å². The summed E-state index contributed by atoms with van der Waals surface area (Å²) in [6.45, 7) is 0.324. The highest BCUT2D eigenvalue weighted by molar-refractivity contribution is 9.10. The van der Waals surface area contributed by atoms with E-state index in [9.17, 15) is 9.59 Å². The molecule has 0 fully saturated rings. The maximum absolute atomic E-state index is 13.3. The summed E-state index contributed by atoms with van der Waals surface area (Å²) in [4.78, 5) is 29.5. The lowest BCUT2D eigenvalue weighted by molar-refractivity contribution is 0.0955. The Kier molecular flexibility index (Phi) is 7.41. The van der Waals surface area contributed by atoms with E-state index in [1.165, 1.54) is 0 Å². The molecule has 4 aromatic rings. The van der Waals surface area contributed by atoms with Crippen molar-refractivity contribution in [3.05, 3.63) is 110 Å². The van der Waals surface area contributed by atoms with Gasteiger partial charge >= 0.3 is 0 Å².